The monoisotopic (exact) mass is 247 g/mol. The van der Waals surface area contributed by atoms with E-state index in [1.54, 1.807) is 18.5 Å². The number of hydrogen-bond donors (Lipinski definition) is 0. The maximum atomic E-state index is 11.4. The van der Waals surface area contributed by atoms with Crippen LogP contribution in [0.2, 0.25) is 0 Å². The molecule has 0 atom stereocenters. The summed E-state index contributed by atoms with van der Waals surface area (Å²) in [4.78, 5) is 4.06. The molecule has 0 bridgehead atoms. The summed E-state index contributed by atoms with van der Waals surface area (Å²) in [5.41, 5.74) is 2.64. The van der Waals surface area contributed by atoms with Gasteiger partial charge >= 0.3 is 0 Å². The lowest BCUT2D eigenvalue weighted by Gasteiger charge is -2.07. The minimum absolute atomic E-state index is 0.0414. The number of rotatable bonds is 3. The highest BCUT2D eigenvalue weighted by Gasteiger charge is 2.10. The molecule has 2 rings (SSSR count). The van der Waals surface area contributed by atoms with Gasteiger partial charge < -0.3 is 0 Å². The van der Waals surface area contributed by atoms with E-state index in [9.17, 15) is 8.42 Å². The molecular weight excluding hydrogens is 234 g/mol. The van der Waals surface area contributed by atoms with Crippen LogP contribution in [0.3, 0.4) is 0 Å². The van der Waals surface area contributed by atoms with Gasteiger partial charge in [0, 0.05) is 24.2 Å². The van der Waals surface area contributed by atoms with E-state index in [2.05, 4.69) is 4.98 Å². The largest absolute Gasteiger partial charge is 0.264 e. The fraction of sp³-hybridized carbons (Fsp3) is 0.154. The standard InChI is InChI=1S/C13H13NO2S/c1-17(15,16)10-12-7-8-14-9-13(12)11-5-3-2-4-6-11/h2-9H,10H2,1H3. The van der Waals surface area contributed by atoms with E-state index in [1.807, 2.05) is 30.3 Å². The van der Waals surface area contributed by atoms with E-state index in [1.165, 1.54) is 6.26 Å². The topological polar surface area (TPSA) is 47.0 Å². The Bertz CT molecular complexity index is 606. The Morgan fingerprint density at radius 2 is 1.82 bits per heavy atom. The van der Waals surface area contributed by atoms with Crippen molar-refractivity contribution in [3.8, 4) is 11.1 Å². The van der Waals surface area contributed by atoms with Crippen molar-refractivity contribution in [2.45, 2.75) is 5.75 Å². The van der Waals surface area contributed by atoms with Crippen LogP contribution in [0, 0.1) is 0 Å². The first-order valence-electron chi connectivity index (χ1n) is 5.22. The molecule has 17 heavy (non-hydrogen) atoms. The third kappa shape index (κ3) is 3.14. The summed E-state index contributed by atoms with van der Waals surface area (Å²) < 4.78 is 22.7. The van der Waals surface area contributed by atoms with Crippen LogP contribution in [-0.4, -0.2) is 19.7 Å². The summed E-state index contributed by atoms with van der Waals surface area (Å²) in [5, 5.41) is 0. The van der Waals surface area contributed by atoms with Gasteiger partial charge in [-0.05, 0) is 17.2 Å². The number of hydrogen-bond acceptors (Lipinski definition) is 3. The van der Waals surface area contributed by atoms with Crippen LogP contribution in [0.4, 0.5) is 0 Å². The van der Waals surface area contributed by atoms with Crippen LogP contribution in [0.25, 0.3) is 11.1 Å². The lowest BCUT2D eigenvalue weighted by molar-refractivity contribution is 0.601. The molecule has 0 aliphatic rings. The summed E-state index contributed by atoms with van der Waals surface area (Å²) in [7, 11) is -3.04. The van der Waals surface area contributed by atoms with Gasteiger partial charge in [0.2, 0.25) is 0 Å². The van der Waals surface area contributed by atoms with E-state index in [0.717, 1.165) is 16.7 Å². The molecule has 0 radical (unpaired) electrons. The predicted octanol–water partition coefficient (Wildman–Crippen LogP) is 2.29. The summed E-state index contributed by atoms with van der Waals surface area (Å²) >= 11 is 0. The summed E-state index contributed by atoms with van der Waals surface area (Å²) in [6, 6.07) is 11.4. The highest BCUT2D eigenvalue weighted by Crippen LogP contribution is 2.23. The zero-order valence-electron chi connectivity index (χ0n) is 9.50. The normalized spacial score (nSPS) is 11.4. The van der Waals surface area contributed by atoms with Crippen LogP contribution in [0.1, 0.15) is 5.56 Å². The molecule has 0 aliphatic carbocycles. The summed E-state index contributed by atoms with van der Waals surface area (Å²) in [6.45, 7) is 0. The fourth-order valence-electron chi connectivity index (χ4n) is 1.71. The SMILES string of the molecule is CS(=O)(=O)Cc1ccncc1-c1ccccc1. The van der Waals surface area contributed by atoms with Crippen LogP contribution in [0.15, 0.2) is 48.8 Å². The Kier molecular flexibility index (Phi) is 3.24. The Hall–Kier alpha value is -1.68. The molecule has 3 nitrogen and oxygen atoms in total. The van der Waals surface area contributed by atoms with Gasteiger partial charge in [0.25, 0.3) is 0 Å². The second-order valence-corrected chi connectivity index (χ2v) is 6.11. The van der Waals surface area contributed by atoms with E-state index in [-0.39, 0.29) is 5.75 Å². The molecule has 0 N–H and O–H groups in total. The van der Waals surface area contributed by atoms with Gasteiger partial charge in [-0.1, -0.05) is 30.3 Å². The number of nitrogens with zero attached hydrogens (tertiary/aromatic N) is 1. The van der Waals surface area contributed by atoms with Crippen LogP contribution >= 0.6 is 0 Å². The van der Waals surface area contributed by atoms with Crippen LogP contribution < -0.4 is 0 Å². The predicted molar refractivity (Wildman–Crippen MR) is 68.2 cm³/mol. The van der Waals surface area contributed by atoms with Crippen LogP contribution in [-0.2, 0) is 15.6 Å². The van der Waals surface area contributed by atoms with Gasteiger partial charge in [0.1, 0.15) is 0 Å². The minimum Gasteiger partial charge on any atom is -0.264 e. The minimum atomic E-state index is -3.04. The Labute approximate surface area is 101 Å². The first-order valence-corrected chi connectivity index (χ1v) is 7.28. The Morgan fingerprint density at radius 1 is 1.12 bits per heavy atom. The number of pyridine rings is 1. The van der Waals surface area contributed by atoms with Crippen LogP contribution in [0.5, 0.6) is 0 Å². The van der Waals surface area contributed by atoms with Gasteiger partial charge in [-0.25, -0.2) is 8.42 Å². The molecule has 0 saturated carbocycles. The average molecular weight is 247 g/mol. The second kappa shape index (κ2) is 4.67. The second-order valence-electron chi connectivity index (χ2n) is 3.97. The highest BCUT2D eigenvalue weighted by atomic mass is 32.2. The van der Waals surface area contributed by atoms with Crippen molar-refractivity contribution in [3.63, 3.8) is 0 Å². The Morgan fingerprint density at radius 3 is 2.47 bits per heavy atom. The first-order chi connectivity index (χ1) is 8.06. The molecule has 88 valence electrons. The van der Waals surface area contributed by atoms with E-state index in [4.69, 9.17) is 0 Å². The molecule has 1 heterocycles. The van der Waals surface area contributed by atoms with E-state index in [0.29, 0.717) is 0 Å². The van der Waals surface area contributed by atoms with Crippen molar-refractivity contribution in [2.75, 3.05) is 6.26 Å². The molecule has 0 aliphatic heterocycles. The van der Waals surface area contributed by atoms with Crippen molar-refractivity contribution in [3.05, 3.63) is 54.4 Å². The molecule has 4 heteroatoms. The van der Waals surface area contributed by atoms with Crippen molar-refractivity contribution >= 4 is 9.84 Å². The number of sulfone groups is 1. The van der Waals surface area contributed by atoms with E-state index >= 15 is 0 Å². The molecule has 0 amide bonds. The Balaban J connectivity index is 2.49. The molecule has 0 spiro atoms. The summed E-state index contributed by atoms with van der Waals surface area (Å²) in [5.74, 6) is 0.0414. The molecule has 2 aromatic rings. The lowest BCUT2D eigenvalue weighted by Crippen LogP contribution is -2.02. The maximum Gasteiger partial charge on any atom is 0.151 e. The maximum absolute atomic E-state index is 11.4. The molecule has 0 unspecified atom stereocenters. The lowest BCUT2D eigenvalue weighted by atomic mass is 10.0. The smallest absolute Gasteiger partial charge is 0.151 e. The van der Waals surface area contributed by atoms with Crippen molar-refractivity contribution in [1.29, 1.82) is 0 Å². The third-order valence-electron chi connectivity index (χ3n) is 2.41. The van der Waals surface area contributed by atoms with Gasteiger partial charge in [0.05, 0.1) is 5.75 Å². The number of benzene rings is 1. The highest BCUT2D eigenvalue weighted by molar-refractivity contribution is 7.89. The molecule has 0 saturated heterocycles. The van der Waals surface area contributed by atoms with E-state index < -0.39 is 9.84 Å². The molecule has 1 aromatic heterocycles. The number of aromatic nitrogens is 1. The first kappa shape index (κ1) is 11.8. The van der Waals surface area contributed by atoms with Crippen molar-refractivity contribution in [2.24, 2.45) is 0 Å². The average Bonchev–Trinajstić information content (AvgIpc) is 2.29. The van der Waals surface area contributed by atoms with Gasteiger partial charge in [-0.2, -0.15) is 0 Å². The molecule has 0 fully saturated rings. The van der Waals surface area contributed by atoms with Crippen molar-refractivity contribution in [1.82, 2.24) is 4.98 Å². The fourth-order valence-corrected chi connectivity index (χ4v) is 2.53. The van der Waals surface area contributed by atoms with Gasteiger partial charge in [-0.3, -0.25) is 4.98 Å². The third-order valence-corrected chi connectivity index (χ3v) is 3.25. The molecule has 1 aromatic carbocycles. The zero-order valence-corrected chi connectivity index (χ0v) is 10.3. The molecular formula is C13H13NO2S. The quantitative estimate of drug-likeness (QED) is 0.836. The summed E-state index contributed by atoms with van der Waals surface area (Å²) in [6.07, 6.45) is 4.56. The van der Waals surface area contributed by atoms with Crippen molar-refractivity contribution < 1.29 is 8.42 Å². The van der Waals surface area contributed by atoms with Gasteiger partial charge in [-0.15, -0.1) is 0 Å². The zero-order chi connectivity index (χ0) is 12.3. The van der Waals surface area contributed by atoms with Gasteiger partial charge in [0.15, 0.2) is 9.84 Å².